The van der Waals surface area contributed by atoms with Crippen molar-refractivity contribution in [3.8, 4) is 0 Å². The predicted molar refractivity (Wildman–Crippen MR) is 108 cm³/mol. The molecule has 2 aromatic carbocycles. The van der Waals surface area contributed by atoms with Gasteiger partial charge >= 0.3 is 5.97 Å². The first-order chi connectivity index (χ1) is 13.9. The zero-order valence-corrected chi connectivity index (χ0v) is 16.5. The number of imide groups is 1. The molecule has 1 aliphatic rings. The van der Waals surface area contributed by atoms with Gasteiger partial charge in [-0.15, -0.1) is 0 Å². The van der Waals surface area contributed by atoms with Crippen LogP contribution in [0.1, 0.15) is 65.3 Å². The quantitative estimate of drug-likeness (QED) is 0.405. The molecule has 0 bridgehead atoms. The highest BCUT2D eigenvalue weighted by molar-refractivity contribution is 6.19. The lowest BCUT2D eigenvalue weighted by atomic mass is 9.97. The molecule has 1 fully saturated rings. The van der Waals surface area contributed by atoms with Gasteiger partial charge in [0.05, 0.1) is 11.3 Å². The van der Waals surface area contributed by atoms with Crippen molar-refractivity contribution in [3.05, 3.63) is 65.2 Å². The average Bonchev–Trinajstić information content (AvgIpc) is 3.09. The van der Waals surface area contributed by atoms with E-state index in [4.69, 9.17) is 4.74 Å². The first-order valence-electron chi connectivity index (χ1n) is 9.66. The molecule has 0 aromatic heterocycles. The van der Waals surface area contributed by atoms with Crippen molar-refractivity contribution >= 4 is 29.3 Å². The molecule has 0 unspecified atom stereocenters. The number of hydrogen-bond acceptors (Lipinski definition) is 5. The number of benzene rings is 2. The maximum absolute atomic E-state index is 12.3. The molecule has 0 saturated carbocycles. The number of ketones is 1. The molecule has 2 aromatic rings. The maximum atomic E-state index is 12.3. The van der Waals surface area contributed by atoms with Gasteiger partial charge in [-0.2, -0.15) is 0 Å². The molecule has 1 atom stereocenters. The molecular formula is C23H23NO5. The molecule has 0 spiro atoms. The molecule has 150 valence electrons. The molecule has 1 aliphatic heterocycles. The van der Waals surface area contributed by atoms with Gasteiger partial charge in [0.2, 0.25) is 11.8 Å². The van der Waals surface area contributed by atoms with Crippen LogP contribution in [0.15, 0.2) is 48.5 Å². The lowest BCUT2D eigenvalue weighted by Gasteiger charge is -2.14. The second-order valence-electron chi connectivity index (χ2n) is 7.10. The van der Waals surface area contributed by atoms with Crippen molar-refractivity contribution in [3.63, 3.8) is 0 Å². The van der Waals surface area contributed by atoms with E-state index < -0.39 is 5.97 Å². The van der Waals surface area contributed by atoms with E-state index in [-0.39, 0.29) is 42.6 Å². The summed E-state index contributed by atoms with van der Waals surface area (Å²) in [6, 6.07) is 13.3. The van der Waals surface area contributed by atoms with E-state index in [0.29, 0.717) is 17.2 Å². The van der Waals surface area contributed by atoms with E-state index in [9.17, 15) is 19.2 Å². The zero-order valence-electron chi connectivity index (χ0n) is 16.5. The highest BCUT2D eigenvalue weighted by Crippen LogP contribution is 2.23. The predicted octanol–water partition coefficient (Wildman–Crippen LogP) is 3.89. The average molecular weight is 393 g/mol. The normalized spacial score (nSPS) is 14.8. The van der Waals surface area contributed by atoms with Crippen LogP contribution in [0.3, 0.4) is 0 Å². The third-order valence-corrected chi connectivity index (χ3v) is 5.16. The minimum atomic E-state index is -0.639. The van der Waals surface area contributed by atoms with Gasteiger partial charge in [0.15, 0.2) is 12.4 Å². The number of ether oxygens (including phenoxy) is 1. The summed E-state index contributed by atoms with van der Waals surface area (Å²) in [5.41, 5.74) is 2.32. The van der Waals surface area contributed by atoms with Gasteiger partial charge in [0.25, 0.3) is 0 Å². The van der Waals surface area contributed by atoms with Crippen molar-refractivity contribution in [2.45, 2.75) is 39.0 Å². The number of carbonyl (C=O) groups excluding carboxylic acids is 4. The van der Waals surface area contributed by atoms with Gasteiger partial charge in [-0.3, -0.25) is 19.3 Å². The number of amides is 2. The summed E-state index contributed by atoms with van der Waals surface area (Å²) >= 11 is 0. The third-order valence-electron chi connectivity index (χ3n) is 5.16. The van der Waals surface area contributed by atoms with Crippen molar-refractivity contribution in [1.82, 2.24) is 0 Å². The molecule has 0 N–H and O–H groups in total. The summed E-state index contributed by atoms with van der Waals surface area (Å²) in [5.74, 6) is -1.00. The van der Waals surface area contributed by atoms with Crippen LogP contribution in [-0.4, -0.2) is 30.2 Å². The number of carbonyl (C=O) groups is 4. The largest absolute Gasteiger partial charge is 0.454 e. The summed E-state index contributed by atoms with van der Waals surface area (Å²) in [4.78, 5) is 49.1. The molecule has 0 radical (unpaired) electrons. The van der Waals surface area contributed by atoms with Gasteiger partial charge in [0.1, 0.15) is 0 Å². The molecule has 2 amide bonds. The maximum Gasteiger partial charge on any atom is 0.338 e. The summed E-state index contributed by atoms with van der Waals surface area (Å²) in [6.07, 6.45) is 1.41. The monoisotopic (exact) mass is 393 g/mol. The third kappa shape index (κ3) is 4.59. The van der Waals surface area contributed by atoms with Crippen LogP contribution in [0.2, 0.25) is 0 Å². The summed E-state index contributed by atoms with van der Waals surface area (Å²) in [7, 11) is 0. The number of anilines is 1. The van der Waals surface area contributed by atoms with Crippen LogP contribution in [-0.2, 0) is 14.3 Å². The van der Waals surface area contributed by atoms with E-state index in [1.807, 2.05) is 12.1 Å². The Morgan fingerprint density at radius 3 is 2.03 bits per heavy atom. The van der Waals surface area contributed by atoms with E-state index in [2.05, 4.69) is 13.8 Å². The van der Waals surface area contributed by atoms with Crippen molar-refractivity contribution < 1.29 is 23.9 Å². The second-order valence-corrected chi connectivity index (χ2v) is 7.10. The molecule has 0 aliphatic carbocycles. The summed E-state index contributed by atoms with van der Waals surface area (Å²) < 4.78 is 5.11. The molecule has 1 heterocycles. The van der Waals surface area contributed by atoms with Gasteiger partial charge < -0.3 is 4.74 Å². The lowest BCUT2D eigenvalue weighted by Crippen LogP contribution is -2.28. The highest BCUT2D eigenvalue weighted by atomic mass is 16.5. The number of esters is 1. The van der Waals surface area contributed by atoms with E-state index in [0.717, 1.165) is 16.9 Å². The Kier molecular flexibility index (Phi) is 6.22. The molecule has 3 rings (SSSR count). The van der Waals surface area contributed by atoms with Crippen LogP contribution in [0.4, 0.5) is 5.69 Å². The van der Waals surface area contributed by atoms with Gasteiger partial charge in [0, 0.05) is 18.4 Å². The lowest BCUT2D eigenvalue weighted by molar-refractivity contribution is -0.121. The number of hydrogen-bond donors (Lipinski definition) is 0. The van der Waals surface area contributed by atoms with Crippen LogP contribution in [0, 0.1) is 0 Å². The first kappa shape index (κ1) is 20.5. The Labute approximate surface area is 169 Å². The number of nitrogens with zero attached hydrogens (tertiary/aromatic N) is 1. The van der Waals surface area contributed by atoms with E-state index >= 15 is 0 Å². The van der Waals surface area contributed by atoms with Crippen molar-refractivity contribution in [1.29, 1.82) is 0 Å². The Morgan fingerprint density at radius 1 is 0.931 bits per heavy atom. The van der Waals surface area contributed by atoms with Gasteiger partial charge in [-0.1, -0.05) is 38.1 Å². The Hall–Kier alpha value is -3.28. The SMILES string of the molecule is CC[C@H](C)c1ccc(C(=O)COC(=O)c2ccc(N3C(=O)CCC3=O)cc2)cc1. The first-order valence-corrected chi connectivity index (χ1v) is 9.66. The standard InChI is InChI=1S/C23H23NO5/c1-3-15(2)16-4-6-17(7-5-16)20(25)14-29-23(28)18-8-10-19(11-9-18)24-21(26)12-13-22(24)27/h4-11,15H,3,12-14H2,1-2H3/t15-/m0/s1. The number of rotatable bonds is 7. The van der Waals surface area contributed by atoms with Gasteiger partial charge in [-0.25, -0.2) is 4.79 Å². The minimum Gasteiger partial charge on any atom is -0.454 e. The fourth-order valence-electron chi connectivity index (χ4n) is 3.14. The van der Waals surface area contributed by atoms with Crippen molar-refractivity contribution in [2.24, 2.45) is 0 Å². The summed E-state index contributed by atoms with van der Waals surface area (Å²) in [5, 5.41) is 0. The molecule has 29 heavy (non-hydrogen) atoms. The van der Waals surface area contributed by atoms with E-state index in [1.165, 1.54) is 24.3 Å². The Balaban J connectivity index is 1.58. The fraction of sp³-hybridized carbons (Fsp3) is 0.304. The topological polar surface area (TPSA) is 80.8 Å². The molecule has 6 heteroatoms. The highest BCUT2D eigenvalue weighted by Gasteiger charge is 2.30. The van der Waals surface area contributed by atoms with E-state index in [1.54, 1.807) is 12.1 Å². The second kappa shape index (κ2) is 8.82. The summed E-state index contributed by atoms with van der Waals surface area (Å²) in [6.45, 7) is 3.88. The van der Waals surface area contributed by atoms with Crippen LogP contribution in [0.25, 0.3) is 0 Å². The number of Topliss-reactive ketones (excluding diaryl/α,β-unsaturated/α-hetero) is 1. The Morgan fingerprint density at radius 2 is 1.48 bits per heavy atom. The molecule has 1 saturated heterocycles. The molecule has 6 nitrogen and oxygen atoms in total. The van der Waals surface area contributed by atoms with Crippen LogP contribution in [0.5, 0.6) is 0 Å². The zero-order chi connectivity index (χ0) is 21.0. The van der Waals surface area contributed by atoms with Crippen LogP contribution < -0.4 is 4.90 Å². The minimum absolute atomic E-state index is 0.197. The van der Waals surface area contributed by atoms with Crippen molar-refractivity contribution in [2.75, 3.05) is 11.5 Å². The molecular weight excluding hydrogens is 370 g/mol. The Bertz CT molecular complexity index is 915. The fourth-order valence-corrected chi connectivity index (χ4v) is 3.14. The van der Waals surface area contributed by atoms with Gasteiger partial charge in [-0.05, 0) is 42.2 Å². The smallest absolute Gasteiger partial charge is 0.338 e. The van der Waals surface area contributed by atoms with Crippen LogP contribution >= 0.6 is 0 Å².